The number of esters is 1. The zero-order valence-electron chi connectivity index (χ0n) is 10.3. The summed E-state index contributed by atoms with van der Waals surface area (Å²) >= 11 is 5.83. The van der Waals surface area contributed by atoms with E-state index in [1.807, 2.05) is 0 Å². The van der Waals surface area contributed by atoms with Gasteiger partial charge in [-0.25, -0.2) is 4.79 Å². The van der Waals surface area contributed by atoms with Crippen LogP contribution in [-0.2, 0) is 14.9 Å². The summed E-state index contributed by atoms with van der Waals surface area (Å²) in [7, 11) is 1.07. The Morgan fingerprint density at radius 1 is 1.33 bits per heavy atom. The van der Waals surface area contributed by atoms with Crippen LogP contribution >= 0.6 is 11.6 Å². The second-order valence-electron chi connectivity index (χ2n) is 4.26. The van der Waals surface area contributed by atoms with Crippen molar-refractivity contribution in [1.82, 2.24) is 0 Å². The van der Waals surface area contributed by atoms with Crippen LogP contribution in [0.2, 0.25) is 5.02 Å². The summed E-state index contributed by atoms with van der Waals surface area (Å²) in [5.41, 5.74) is -1.33. The summed E-state index contributed by atoms with van der Waals surface area (Å²) in [5, 5.41) is 0.420. The summed E-state index contributed by atoms with van der Waals surface area (Å²) < 4.78 is 30.3. The summed E-state index contributed by atoms with van der Waals surface area (Å²) in [5.74, 6) is -1.04. The molecular formula is C13H13ClF2O2. The lowest BCUT2D eigenvalue weighted by Crippen LogP contribution is -2.27. The average molecular weight is 275 g/mol. The number of benzene rings is 1. The average Bonchev–Trinajstić information content (AvgIpc) is 2.28. The molecule has 0 amide bonds. The second-order valence-corrected chi connectivity index (χ2v) is 4.70. The minimum Gasteiger partial charge on any atom is -0.465 e. The number of ether oxygens (including phenoxy) is 1. The number of methoxy groups -OCH3 is 1. The molecule has 18 heavy (non-hydrogen) atoms. The summed E-state index contributed by atoms with van der Waals surface area (Å²) in [6.07, 6.45) is -2.05. The van der Waals surface area contributed by atoms with Crippen LogP contribution in [0.4, 0.5) is 8.78 Å². The molecule has 98 valence electrons. The first-order valence-corrected chi connectivity index (χ1v) is 5.58. The molecule has 1 aromatic rings. The van der Waals surface area contributed by atoms with Crippen LogP contribution in [0.1, 0.15) is 19.4 Å². The molecule has 0 heterocycles. The second kappa shape index (κ2) is 5.48. The first-order chi connectivity index (χ1) is 8.30. The van der Waals surface area contributed by atoms with Crippen LogP contribution in [0.5, 0.6) is 0 Å². The normalized spacial score (nSPS) is 11.0. The Kier molecular flexibility index (Phi) is 4.46. The maximum absolute atomic E-state index is 13.0. The molecule has 0 atom stereocenters. The van der Waals surface area contributed by atoms with Crippen LogP contribution in [-0.4, -0.2) is 13.1 Å². The molecule has 1 aromatic carbocycles. The molecular weight excluding hydrogens is 262 g/mol. The van der Waals surface area contributed by atoms with Crippen molar-refractivity contribution < 1.29 is 18.3 Å². The quantitative estimate of drug-likeness (QED) is 0.616. The number of carbonyl (C=O) groups excluding carboxylic acids is 1. The van der Waals surface area contributed by atoms with Crippen molar-refractivity contribution in [3.63, 3.8) is 0 Å². The minimum absolute atomic E-state index is 0.420. The lowest BCUT2D eigenvalue weighted by molar-refractivity contribution is -0.137. The summed E-state index contributed by atoms with van der Waals surface area (Å²) in [6.45, 7) is 3.04. The Morgan fingerprint density at radius 3 is 2.39 bits per heavy atom. The molecule has 0 aliphatic carbocycles. The molecule has 0 aliphatic heterocycles. The predicted octanol–water partition coefficient (Wildman–Crippen LogP) is 3.94. The van der Waals surface area contributed by atoms with Gasteiger partial charge in [-0.05, 0) is 17.7 Å². The number of halogens is 3. The molecule has 0 fully saturated rings. The van der Waals surface area contributed by atoms with E-state index in [-0.39, 0.29) is 0 Å². The van der Waals surface area contributed by atoms with E-state index in [4.69, 9.17) is 11.6 Å². The van der Waals surface area contributed by atoms with E-state index < -0.39 is 23.0 Å². The van der Waals surface area contributed by atoms with Crippen LogP contribution < -0.4 is 0 Å². The smallest absolute Gasteiger partial charge is 0.340 e. The molecule has 0 unspecified atom stereocenters. The molecule has 2 nitrogen and oxygen atoms in total. The van der Waals surface area contributed by atoms with E-state index >= 15 is 0 Å². The predicted molar refractivity (Wildman–Crippen MR) is 65.7 cm³/mol. The highest BCUT2D eigenvalue weighted by Crippen LogP contribution is 2.35. The van der Waals surface area contributed by atoms with Crippen molar-refractivity contribution >= 4 is 17.6 Å². The van der Waals surface area contributed by atoms with E-state index in [1.54, 1.807) is 24.3 Å². The van der Waals surface area contributed by atoms with E-state index in [0.717, 1.165) is 7.11 Å². The Balaban J connectivity index is 3.35. The van der Waals surface area contributed by atoms with Gasteiger partial charge < -0.3 is 4.74 Å². The van der Waals surface area contributed by atoms with Gasteiger partial charge in [-0.2, -0.15) is 8.78 Å². The van der Waals surface area contributed by atoms with Gasteiger partial charge in [0.15, 0.2) is 0 Å². The maximum Gasteiger partial charge on any atom is 0.340 e. The molecule has 0 N–H and O–H groups in total. The van der Waals surface area contributed by atoms with E-state index in [1.165, 1.54) is 13.8 Å². The first-order valence-electron chi connectivity index (χ1n) is 5.20. The third kappa shape index (κ3) is 2.88. The molecule has 0 saturated carbocycles. The zero-order chi connectivity index (χ0) is 13.9. The van der Waals surface area contributed by atoms with Crippen LogP contribution in [0, 0.1) is 0 Å². The van der Waals surface area contributed by atoms with Crippen LogP contribution in [0.3, 0.4) is 0 Å². The van der Waals surface area contributed by atoms with Gasteiger partial charge in [0, 0.05) is 10.4 Å². The highest BCUT2D eigenvalue weighted by atomic mass is 35.5. The highest BCUT2D eigenvalue weighted by Gasteiger charge is 2.35. The van der Waals surface area contributed by atoms with Crippen molar-refractivity contribution in [3.05, 3.63) is 46.5 Å². The fourth-order valence-corrected chi connectivity index (χ4v) is 1.88. The van der Waals surface area contributed by atoms with Gasteiger partial charge in [-0.15, -0.1) is 0 Å². The number of rotatable bonds is 3. The fourth-order valence-electron chi connectivity index (χ4n) is 1.69. The lowest BCUT2D eigenvalue weighted by atomic mass is 9.78. The standard InChI is InChI=1S/C13H13ClF2O2/c1-13(2,8-5-4-6-9(14)7-8)10(11(15)16)12(17)18-3/h4-7H,1-3H3. The van der Waals surface area contributed by atoms with Gasteiger partial charge in [0.1, 0.15) is 5.57 Å². The van der Waals surface area contributed by atoms with Crippen molar-refractivity contribution in [1.29, 1.82) is 0 Å². The van der Waals surface area contributed by atoms with Gasteiger partial charge in [-0.3, -0.25) is 0 Å². The molecule has 0 aromatic heterocycles. The molecule has 5 heteroatoms. The monoisotopic (exact) mass is 274 g/mol. The molecule has 0 aliphatic rings. The molecule has 0 radical (unpaired) electrons. The Labute approximate surface area is 109 Å². The van der Waals surface area contributed by atoms with Gasteiger partial charge >= 0.3 is 5.97 Å². The van der Waals surface area contributed by atoms with Crippen molar-refractivity contribution in [2.75, 3.05) is 7.11 Å². The number of carbonyl (C=O) groups is 1. The van der Waals surface area contributed by atoms with Crippen molar-refractivity contribution in [2.24, 2.45) is 0 Å². The van der Waals surface area contributed by atoms with E-state index in [2.05, 4.69) is 4.74 Å². The third-order valence-corrected chi connectivity index (χ3v) is 2.98. The van der Waals surface area contributed by atoms with Gasteiger partial charge in [0.05, 0.1) is 7.11 Å². The Hall–Kier alpha value is -1.42. The Morgan fingerprint density at radius 2 is 1.94 bits per heavy atom. The molecule has 1 rings (SSSR count). The van der Waals surface area contributed by atoms with E-state index in [0.29, 0.717) is 10.6 Å². The van der Waals surface area contributed by atoms with Crippen molar-refractivity contribution in [2.45, 2.75) is 19.3 Å². The summed E-state index contributed by atoms with van der Waals surface area (Å²) in [4.78, 5) is 11.5. The number of hydrogen-bond donors (Lipinski definition) is 0. The minimum atomic E-state index is -2.05. The van der Waals surface area contributed by atoms with Gasteiger partial charge in [0.2, 0.25) is 0 Å². The molecule has 0 bridgehead atoms. The van der Waals surface area contributed by atoms with E-state index in [9.17, 15) is 13.6 Å². The largest absolute Gasteiger partial charge is 0.465 e. The van der Waals surface area contributed by atoms with Gasteiger partial charge in [-0.1, -0.05) is 37.6 Å². The Bertz CT molecular complexity index is 492. The third-order valence-electron chi connectivity index (χ3n) is 2.75. The van der Waals surface area contributed by atoms with Crippen LogP contribution in [0.25, 0.3) is 0 Å². The van der Waals surface area contributed by atoms with Gasteiger partial charge in [0.25, 0.3) is 6.08 Å². The molecule has 0 saturated heterocycles. The summed E-state index contributed by atoms with van der Waals surface area (Å²) in [6, 6.07) is 6.46. The topological polar surface area (TPSA) is 26.3 Å². The fraction of sp³-hybridized carbons (Fsp3) is 0.308. The zero-order valence-corrected chi connectivity index (χ0v) is 11.0. The number of hydrogen-bond acceptors (Lipinski definition) is 2. The van der Waals surface area contributed by atoms with Crippen LogP contribution in [0.15, 0.2) is 35.9 Å². The maximum atomic E-state index is 13.0. The first kappa shape index (κ1) is 14.6. The SMILES string of the molecule is COC(=O)C(=C(F)F)C(C)(C)c1cccc(Cl)c1. The highest BCUT2D eigenvalue weighted by molar-refractivity contribution is 6.30. The molecule has 0 spiro atoms. The van der Waals surface area contributed by atoms with Crippen molar-refractivity contribution in [3.8, 4) is 0 Å². The lowest BCUT2D eigenvalue weighted by Gasteiger charge is -2.26.